The van der Waals surface area contributed by atoms with Crippen molar-refractivity contribution >= 4 is 17.2 Å². The first-order valence-electron chi connectivity index (χ1n) is 6.64. The molecule has 0 unspecified atom stereocenters. The van der Waals surface area contributed by atoms with Crippen LogP contribution in [0, 0.1) is 6.92 Å². The monoisotopic (exact) mass is 289 g/mol. The lowest BCUT2D eigenvalue weighted by Gasteiger charge is -2.09. The van der Waals surface area contributed by atoms with Gasteiger partial charge in [0.25, 0.3) is 5.91 Å². The van der Waals surface area contributed by atoms with E-state index in [0.29, 0.717) is 12.1 Å². The predicted octanol–water partition coefficient (Wildman–Crippen LogP) is 3.16. The minimum absolute atomic E-state index is 0.395. The summed E-state index contributed by atoms with van der Waals surface area (Å²) in [6.45, 7) is 8.52. The van der Waals surface area contributed by atoms with Gasteiger partial charge in [-0.25, -0.2) is 4.98 Å². The summed E-state index contributed by atoms with van der Waals surface area (Å²) >= 11 is 1.53. The Hall–Kier alpha value is -1.88. The Morgan fingerprint density at radius 2 is 2.35 bits per heavy atom. The molecule has 0 atom stereocenters. The molecule has 0 fully saturated rings. The summed E-state index contributed by atoms with van der Waals surface area (Å²) in [5.74, 6) is -0.395. The van der Waals surface area contributed by atoms with Crippen molar-refractivity contribution < 1.29 is 4.79 Å². The van der Waals surface area contributed by atoms with E-state index in [4.69, 9.17) is 5.73 Å². The molecule has 2 rings (SSSR count). The molecule has 4 nitrogen and oxygen atoms in total. The summed E-state index contributed by atoms with van der Waals surface area (Å²) in [6, 6.07) is 0. The molecule has 20 heavy (non-hydrogen) atoms. The largest absolute Gasteiger partial charge is 0.366 e. The summed E-state index contributed by atoms with van der Waals surface area (Å²) in [7, 11) is 0. The average molecular weight is 289 g/mol. The number of nitrogens with two attached hydrogens (primary N) is 1. The number of nitrogens with zero attached hydrogens (tertiary/aromatic N) is 2. The molecule has 2 aromatic heterocycles. The molecule has 106 valence electrons. The number of allylic oxidation sites excluding steroid dienone is 1. The van der Waals surface area contributed by atoms with Crippen LogP contribution in [0.2, 0.25) is 0 Å². The van der Waals surface area contributed by atoms with Crippen LogP contribution in [0.15, 0.2) is 24.2 Å². The lowest BCUT2D eigenvalue weighted by molar-refractivity contribution is 0.1000. The molecule has 0 aliphatic rings. The highest BCUT2D eigenvalue weighted by Gasteiger charge is 2.25. The Kier molecular flexibility index (Phi) is 4.39. The van der Waals surface area contributed by atoms with Crippen molar-refractivity contribution in [2.75, 3.05) is 0 Å². The second kappa shape index (κ2) is 6.05. The summed E-state index contributed by atoms with van der Waals surface area (Å²) < 4.78 is 2.12. The van der Waals surface area contributed by atoms with Crippen molar-refractivity contribution in [2.24, 2.45) is 5.73 Å². The Labute approximate surface area is 122 Å². The number of hydrogen-bond acceptors (Lipinski definition) is 3. The van der Waals surface area contributed by atoms with Gasteiger partial charge >= 0.3 is 0 Å². The van der Waals surface area contributed by atoms with Gasteiger partial charge in [-0.05, 0) is 13.3 Å². The zero-order valence-electron chi connectivity index (χ0n) is 11.8. The quantitative estimate of drug-likeness (QED) is 0.830. The van der Waals surface area contributed by atoms with Crippen molar-refractivity contribution in [1.82, 2.24) is 9.55 Å². The Morgan fingerprint density at radius 3 is 2.85 bits per heavy atom. The highest BCUT2D eigenvalue weighted by atomic mass is 32.1. The predicted molar refractivity (Wildman–Crippen MR) is 83.0 cm³/mol. The molecule has 0 bridgehead atoms. The topological polar surface area (TPSA) is 60.9 Å². The first kappa shape index (κ1) is 14.5. The van der Waals surface area contributed by atoms with E-state index in [2.05, 4.69) is 23.1 Å². The maximum Gasteiger partial charge on any atom is 0.251 e. The molecule has 0 saturated heterocycles. The Morgan fingerprint density at radius 1 is 1.60 bits per heavy atom. The van der Waals surface area contributed by atoms with E-state index in [1.165, 1.54) is 11.3 Å². The van der Waals surface area contributed by atoms with Gasteiger partial charge in [-0.2, -0.15) is 0 Å². The second-order valence-corrected chi connectivity index (χ2v) is 5.53. The van der Waals surface area contributed by atoms with Gasteiger partial charge in [0, 0.05) is 35.1 Å². The van der Waals surface area contributed by atoms with E-state index >= 15 is 0 Å². The van der Waals surface area contributed by atoms with Crippen LogP contribution >= 0.6 is 11.3 Å². The highest BCUT2D eigenvalue weighted by Crippen LogP contribution is 2.34. The number of amides is 1. The molecule has 0 saturated carbocycles. The minimum Gasteiger partial charge on any atom is -0.366 e. The normalized spacial score (nSPS) is 10.7. The molecule has 2 N–H and O–H groups in total. The fourth-order valence-corrected chi connectivity index (χ4v) is 3.26. The third-order valence-electron chi connectivity index (χ3n) is 3.32. The lowest BCUT2D eigenvalue weighted by Crippen LogP contribution is -2.13. The maximum atomic E-state index is 11.9. The zero-order chi connectivity index (χ0) is 14.7. The van der Waals surface area contributed by atoms with Crippen molar-refractivity contribution in [3.05, 3.63) is 41.2 Å². The van der Waals surface area contributed by atoms with Crippen LogP contribution in [0.5, 0.6) is 0 Å². The van der Waals surface area contributed by atoms with Gasteiger partial charge in [-0.3, -0.25) is 4.79 Å². The van der Waals surface area contributed by atoms with Crippen LogP contribution in [0.3, 0.4) is 0 Å². The van der Waals surface area contributed by atoms with Crippen LogP contribution in [-0.2, 0) is 13.0 Å². The Bertz CT molecular complexity index is 626. The van der Waals surface area contributed by atoms with Crippen molar-refractivity contribution in [3.8, 4) is 10.6 Å². The van der Waals surface area contributed by atoms with Gasteiger partial charge in [-0.15, -0.1) is 17.9 Å². The van der Waals surface area contributed by atoms with Gasteiger partial charge in [0.1, 0.15) is 5.01 Å². The van der Waals surface area contributed by atoms with Crippen LogP contribution < -0.4 is 5.73 Å². The molecule has 2 heterocycles. The van der Waals surface area contributed by atoms with E-state index in [1.807, 2.05) is 18.4 Å². The fraction of sp³-hybridized carbons (Fsp3) is 0.333. The smallest absolute Gasteiger partial charge is 0.251 e. The first-order valence-corrected chi connectivity index (χ1v) is 7.52. The number of carbonyl (C=O) groups is 1. The molecule has 0 aromatic carbocycles. The Balaban J connectivity index is 2.76. The van der Waals surface area contributed by atoms with Gasteiger partial charge in [0.15, 0.2) is 0 Å². The first-order chi connectivity index (χ1) is 9.61. The third-order valence-corrected chi connectivity index (χ3v) is 4.11. The van der Waals surface area contributed by atoms with Crippen LogP contribution in [-0.4, -0.2) is 15.5 Å². The van der Waals surface area contributed by atoms with E-state index in [1.54, 1.807) is 6.20 Å². The summed E-state index contributed by atoms with van der Waals surface area (Å²) in [4.78, 5) is 16.2. The molecule has 5 heteroatoms. The molecule has 2 aromatic rings. The average Bonchev–Trinajstić information content (AvgIpc) is 3.00. The van der Waals surface area contributed by atoms with Crippen molar-refractivity contribution in [3.63, 3.8) is 0 Å². The van der Waals surface area contributed by atoms with E-state index in [0.717, 1.165) is 34.8 Å². The molecular formula is C15H19N3OS. The second-order valence-electron chi connectivity index (χ2n) is 4.63. The standard InChI is InChI=1S/C15H19N3OS/c1-4-6-11-13(15-17-7-9-20-15)12(14(16)19)10(3)18(11)8-5-2/h5,7,9H,2,4,6,8H2,1,3H3,(H2,16,19). The van der Waals surface area contributed by atoms with Gasteiger partial charge in [0.05, 0.1) is 5.56 Å². The highest BCUT2D eigenvalue weighted by molar-refractivity contribution is 7.13. The van der Waals surface area contributed by atoms with Crippen molar-refractivity contribution in [2.45, 2.75) is 33.2 Å². The fourth-order valence-electron chi connectivity index (χ4n) is 2.55. The molecule has 0 aliphatic carbocycles. The lowest BCUT2D eigenvalue weighted by atomic mass is 10.1. The number of hydrogen-bond donors (Lipinski definition) is 1. The van der Waals surface area contributed by atoms with Crippen LogP contribution in [0.1, 0.15) is 35.1 Å². The van der Waals surface area contributed by atoms with E-state index in [9.17, 15) is 4.79 Å². The minimum atomic E-state index is -0.395. The summed E-state index contributed by atoms with van der Waals surface area (Å²) in [5.41, 5.74) is 9.09. The molecular weight excluding hydrogens is 270 g/mol. The van der Waals surface area contributed by atoms with Gasteiger partial charge in [-0.1, -0.05) is 19.4 Å². The van der Waals surface area contributed by atoms with Crippen LogP contribution in [0.4, 0.5) is 0 Å². The van der Waals surface area contributed by atoms with Crippen molar-refractivity contribution in [1.29, 1.82) is 0 Å². The molecule has 0 radical (unpaired) electrons. The van der Waals surface area contributed by atoms with Crippen LogP contribution in [0.25, 0.3) is 10.6 Å². The van der Waals surface area contributed by atoms with E-state index < -0.39 is 5.91 Å². The van der Waals surface area contributed by atoms with Gasteiger partial charge in [0.2, 0.25) is 0 Å². The van der Waals surface area contributed by atoms with E-state index in [-0.39, 0.29) is 0 Å². The summed E-state index contributed by atoms with van der Waals surface area (Å²) in [5, 5.41) is 2.77. The number of primary amides is 1. The molecule has 1 amide bonds. The maximum absolute atomic E-state index is 11.9. The molecule has 0 spiro atoms. The number of carbonyl (C=O) groups excluding carboxylic acids is 1. The molecule has 0 aliphatic heterocycles. The SMILES string of the molecule is C=CCn1c(C)c(C(N)=O)c(-c2nccs2)c1CCC. The van der Waals surface area contributed by atoms with Gasteiger partial charge < -0.3 is 10.3 Å². The third kappa shape index (κ3) is 2.41. The number of rotatable bonds is 6. The zero-order valence-corrected chi connectivity index (χ0v) is 12.7. The number of aromatic nitrogens is 2. The number of thiazole rings is 1. The summed E-state index contributed by atoms with van der Waals surface area (Å²) in [6.07, 6.45) is 5.47.